The summed E-state index contributed by atoms with van der Waals surface area (Å²) >= 11 is 0. The van der Waals surface area contributed by atoms with E-state index in [-0.39, 0.29) is 16.9 Å². The Labute approximate surface area is 104 Å². The molecule has 98 valence electrons. The standard InChI is InChI=1S/C12H15NO5/c1-12(2)6-17-11(18-7-12)8-3-4-10(14)9(5-8)13(15)16/h3-5,11,14H,6-7H2,1-2H3. The van der Waals surface area contributed by atoms with Gasteiger partial charge in [-0.15, -0.1) is 0 Å². The second-order valence-corrected chi connectivity index (χ2v) is 5.12. The summed E-state index contributed by atoms with van der Waals surface area (Å²) in [7, 11) is 0. The third kappa shape index (κ3) is 2.60. The zero-order valence-corrected chi connectivity index (χ0v) is 10.3. The van der Waals surface area contributed by atoms with Gasteiger partial charge in [0.2, 0.25) is 0 Å². The van der Waals surface area contributed by atoms with E-state index in [1.165, 1.54) is 12.1 Å². The van der Waals surface area contributed by atoms with Crippen LogP contribution in [0.4, 0.5) is 5.69 Å². The molecule has 0 aliphatic carbocycles. The number of nitro groups is 1. The van der Waals surface area contributed by atoms with Gasteiger partial charge >= 0.3 is 5.69 Å². The van der Waals surface area contributed by atoms with E-state index in [1.54, 1.807) is 6.07 Å². The number of rotatable bonds is 2. The third-order valence-electron chi connectivity index (χ3n) is 2.72. The van der Waals surface area contributed by atoms with Crippen LogP contribution in [0.25, 0.3) is 0 Å². The lowest BCUT2D eigenvalue weighted by molar-refractivity contribution is -0.386. The highest BCUT2D eigenvalue weighted by Crippen LogP contribution is 2.34. The second-order valence-electron chi connectivity index (χ2n) is 5.12. The van der Waals surface area contributed by atoms with Crippen molar-refractivity contribution < 1.29 is 19.5 Å². The summed E-state index contributed by atoms with van der Waals surface area (Å²) in [4.78, 5) is 10.1. The molecule has 6 heteroatoms. The predicted molar refractivity (Wildman–Crippen MR) is 63.2 cm³/mol. The van der Waals surface area contributed by atoms with Gasteiger partial charge in [-0.3, -0.25) is 10.1 Å². The lowest BCUT2D eigenvalue weighted by Gasteiger charge is -2.34. The molecule has 0 radical (unpaired) electrons. The molecule has 1 N–H and O–H groups in total. The second kappa shape index (κ2) is 4.55. The average Bonchev–Trinajstić information content (AvgIpc) is 2.30. The molecule has 0 unspecified atom stereocenters. The number of ether oxygens (including phenoxy) is 2. The predicted octanol–water partition coefficient (Wildman–Crippen LogP) is 2.37. The molecule has 1 aromatic carbocycles. The monoisotopic (exact) mass is 253 g/mol. The molecule has 1 aliphatic heterocycles. The molecule has 0 aromatic heterocycles. The maximum Gasteiger partial charge on any atom is 0.311 e. The van der Waals surface area contributed by atoms with Crippen LogP contribution in [0.15, 0.2) is 18.2 Å². The number of phenols is 1. The van der Waals surface area contributed by atoms with Crippen molar-refractivity contribution in [2.75, 3.05) is 13.2 Å². The number of phenolic OH excluding ortho intramolecular Hbond substituents is 1. The zero-order valence-electron chi connectivity index (χ0n) is 10.3. The first kappa shape index (κ1) is 12.8. The fourth-order valence-corrected chi connectivity index (χ4v) is 1.72. The van der Waals surface area contributed by atoms with E-state index in [4.69, 9.17) is 9.47 Å². The molecule has 0 saturated carbocycles. The molecule has 6 nitrogen and oxygen atoms in total. The van der Waals surface area contributed by atoms with E-state index < -0.39 is 11.2 Å². The van der Waals surface area contributed by atoms with Gasteiger partial charge in [-0.1, -0.05) is 13.8 Å². The molecule has 0 bridgehead atoms. The van der Waals surface area contributed by atoms with E-state index in [0.29, 0.717) is 18.8 Å². The fraction of sp³-hybridized carbons (Fsp3) is 0.500. The summed E-state index contributed by atoms with van der Waals surface area (Å²) in [5.74, 6) is -0.361. The molecular weight excluding hydrogens is 238 g/mol. The van der Waals surface area contributed by atoms with Gasteiger partial charge in [-0.25, -0.2) is 0 Å². The number of aromatic hydroxyl groups is 1. The molecule has 18 heavy (non-hydrogen) atoms. The van der Waals surface area contributed by atoms with Crippen LogP contribution in [0.1, 0.15) is 25.7 Å². The SMILES string of the molecule is CC1(C)COC(c2ccc(O)c([N+](=O)[O-])c2)OC1. The van der Waals surface area contributed by atoms with Gasteiger partial charge < -0.3 is 14.6 Å². The van der Waals surface area contributed by atoms with Gasteiger partial charge in [0.1, 0.15) is 0 Å². The minimum atomic E-state index is -0.633. The Morgan fingerprint density at radius 2 is 2.00 bits per heavy atom. The molecule has 1 aliphatic rings. The molecular formula is C12H15NO5. The highest BCUT2D eigenvalue weighted by molar-refractivity contribution is 5.47. The van der Waals surface area contributed by atoms with Crippen molar-refractivity contribution >= 4 is 5.69 Å². The zero-order chi connectivity index (χ0) is 13.3. The fourth-order valence-electron chi connectivity index (χ4n) is 1.72. The minimum Gasteiger partial charge on any atom is -0.502 e. The summed E-state index contributed by atoms with van der Waals surface area (Å²) < 4.78 is 11.1. The Kier molecular flexibility index (Phi) is 3.23. The first-order valence-electron chi connectivity index (χ1n) is 5.59. The van der Waals surface area contributed by atoms with Gasteiger partial charge in [0, 0.05) is 17.0 Å². The van der Waals surface area contributed by atoms with E-state index >= 15 is 0 Å². The Morgan fingerprint density at radius 3 is 2.56 bits per heavy atom. The van der Waals surface area contributed by atoms with Crippen LogP contribution in [-0.2, 0) is 9.47 Å². The number of nitrogens with zero attached hydrogens (tertiary/aromatic N) is 1. The maximum absolute atomic E-state index is 10.7. The van der Waals surface area contributed by atoms with Crippen LogP contribution < -0.4 is 0 Å². The van der Waals surface area contributed by atoms with Crippen molar-refractivity contribution in [3.63, 3.8) is 0 Å². The van der Waals surface area contributed by atoms with Crippen LogP contribution in [0.3, 0.4) is 0 Å². The molecule has 1 aromatic rings. The lowest BCUT2D eigenvalue weighted by Crippen LogP contribution is -2.33. The molecule has 0 spiro atoms. The normalized spacial score (nSPS) is 19.7. The van der Waals surface area contributed by atoms with Gasteiger partial charge in [-0.05, 0) is 12.1 Å². The van der Waals surface area contributed by atoms with Gasteiger partial charge in [0.25, 0.3) is 0 Å². The number of hydrogen-bond acceptors (Lipinski definition) is 5. The van der Waals surface area contributed by atoms with Crippen molar-refractivity contribution in [3.05, 3.63) is 33.9 Å². The first-order chi connectivity index (χ1) is 8.39. The molecule has 1 fully saturated rings. The topological polar surface area (TPSA) is 81.8 Å². The summed E-state index contributed by atoms with van der Waals surface area (Å²) in [6.45, 7) is 5.07. The molecule has 1 saturated heterocycles. The van der Waals surface area contributed by atoms with Gasteiger partial charge in [-0.2, -0.15) is 0 Å². The number of hydrogen-bond donors (Lipinski definition) is 1. The van der Waals surface area contributed by atoms with E-state index in [0.717, 1.165) is 0 Å². The summed E-state index contributed by atoms with van der Waals surface area (Å²) in [6, 6.07) is 4.11. The Hall–Kier alpha value is -1.66. The Bertz CT molecular complexity index is 462. The molecule has 1 heterocycles. The van der Waals surface area contributed by atoms with E-state index in [2.05, 4.69) is 0 Å². The van der Waals surface area contributed by atoms with Gasteiger partial charge in [0.05, 0.1) is 18.1 Å². The summed E-state index contributed by atoms with van der Waals surface area (Å²) in [6.07, 6.45) is -0.614. The summed E-state index contributed by atoms with van der Waals surface area (Å²) in [5, 5.41) is 20.1. The van der Waals surface area contributed by atoms with Crippen molar-refractivity contribution in [1.29, 1.82) is 0 Å². The molecule has 0 atom stereocenters. The highest BCUT2D eigenvalue weighted by Gasteiger charge is 2.30. The smallest absolute Gasteiger partial charge is 0.311 e. The lowest BCUT2D eigenvalue weighted by atomic mass is 9.95. The quantitative estimate of drug-likeness (QED) is 0.646. The van der Waals surface area contributed by atoms with Crippen molar-refractivity contribution in [2.24, 2.45) is 5.41 Å². The minimum absolute atomic E-state index is 0.0562. The number of benzene rings is 1. The number of nitro benzene ring substituents is 1. The Morgan fingerprint density at radius 1 is 1.39 bits per heavy atom. The molecule has 2 rings (SSSR count). The van der Waals surface area contributed by atoms with E-state index in [9.17, 15) is 15.2 Å². The van der Waals surface area contributed by atoms with Crippen molar-refractivity contribution in [3.8, 4) is 5.75 Å². The maximum atomic E-state index is 10.7. The first-order valence-corrected chi connectivity index (χ1v) is 5.59. The van der Waals surface area contributed by atoms with E-state index in [1.807, 2.05) is 13.8 Å². The highest BCUT2D eigenvalue weighted by atomic mass is 16.7. The van der Waals surface area contributed by atoms with Gasteiger partial charge in [0.15, 0.2) is 12.0 Å². The van der Waals surface area contributed by atoms with Crippen LogP contribution >= 0.6 is 0 Å². The largest absolute Gasteiger partial charge is 0.502 e. The van der Waals surface area contributed by atoms with Crippen LogP contribution in [-0.4, -0.2) is 23.2 Å². The van der Waals surface area contributed by atoms with Crippen molar-refractivity contribution in [1.82, 2.24) is 0 Å². The average molecular weight is 253 g/mol. The van der Waals surface area contributed by atoms with Crippen LogP contribution in [0.5, 0.6) is 5.75 Å². The third-order valence-corrected chi connectivity index (χ3v) is 2.72. The summed E-state index contributed by atoms with van der Waals surface area (Å²) in [5.41, 5.74) is 0.138. The van der Waals surface area contributed by atoms with Crippen LogP contribution in [0, 0.1) is 15.5 Å². The van der Waals surface area contributed by atoms with Crippen molar-refractivity contribution in [2.45, 2.75) is 20.1 Å². The molecule has 0 amide bonds. The van der Waals surface area contributed by atoms with Crippen LogP contribution in [0.2, 0.25) is 0 Å². The Balaban J connectivity index is 2.20.